The van der Waals surface area contributed by atoms with E-state index < -0.39 is 0 Å². The first-order chi connectivity index (χ1) is 15.2. The Bertz CT molecular complexity index is 1050. The molecular formula is C21H23ClN6O2S. The van der Waals surface area contributed by atoms with Gasteiger partial charge in [0, 0.05) is 18.1 Å². The molecule has 0 radical (unpaired) electrons. The van der Waals surface area contributed by atoms with Crippen LogP contribution in [0.15, 0.2) is 47.6 Å². The molecule has 162 valence electrons. The van der Waals surface area contributed by atoms with E-state index in [2.05, 4.69) is 25.7 Å². The molecule has 1 aliphatic rings. The molecule has 0 spiro atoms. The maximum absolute atomic E-state index is 12.7. The third-order valence-corrected chi connectivity index (χ3v) is 6.17. The molecule has 0 aliphatic carbocycles. The van der Waals surface area contributed by atoms with Gasteiger partial charge in [0.1, 0.15) is 11.4 Å². The SMILES string of the molecule is COc1ccccc1-n1nnnc1SCC(=O)Nc1cc(Cl)ccc1N1CCCCC1. The van der Waals surface area contributed by atoms with Gasteiger partial charge in [0.25, 0.3) is 0 Å². The zero-order valence-corrected chi connectivity index (χ0v) is 18.7. The first-order valence-corrected chi connectivity index (χ1v) is 11.4. The Morgan fingerprint density at radius 3 is 2.77 bits per heavy atom. The summed E-state index contributed by atoms with van der Waals surface area (Å²) in [6.45, 7) is 1.96. The lowest BCUT2D eigenvalue weighted by molar-refractivity contribution is -0.113. The van der Waals surface area contributed by atoms with Crippen molar-refractivity contribution in [2.45, 2.75) is 24.4 Å². The summed E-state index contributed by atoms with van der Waals surface area (Å²) in [7, 11) is 1.59. The molecule has 0 saturated carbocycles. The number of aromatic nitrogens is 4. The second-order valence-corrected chi connectivity index (χ2v) is 8.47. The Labute approximate surface area is 189 Å². The summed E-state index contributed by atoms with van der Waals surface area (Å²) in [6, 6.07) is 13.1. The maximum atomic E-state index is 12.7. The molecule has 1 saturated heterocycles. The van der Waals surface area contributed by atoms with Crippen LogP contribution in [0.25, 0.3) is 5.69 Å². The average Bonchev–Trinajstić information content (AvgIpc) is 3.27. The Morgan fingerprint density at radius 1 is 1.16 bits per heavy atom. The molecule has 1 aromatic heterocycles. The van der Waals surface area contributed by atoms with E-state index in [0.29, 0.717) is 21.6 Å². The molecule has 0 atom stereocenters. The van der Waals surface area contributed by atoms with Crippen molar-refractivity contribution < 1.29 is 9.53 Å². The van der Waals surface area contributed by atoms with Gasteiger partial charge in [0.2, 0.25) is 11.1 Å². The van der Waals surface area contributed by atoms with E-state index in [4.69, 9.17) is 16.3 Å². The van der Waals surface area contributed by atoms with Crippen LogP contribution in [0, 0.1) is 0 Å². The number of benzene rings is 2. The highest BCUT2D eigenvalue weighted by Gasteiger charge is 2.18. The number of thioether (sulfide) groups is 1. The van der Waals surface area contributed by atoms with Crippen LogP contribution in [0.4, 0.5) is 11.4 Å². The molecule has 1 amide bonds. The van der Waals surface area contributed by atoms with Crippen molar-refractivity contribution in [2.24, 2.45) is 0 Å². The maximum Gasteiger partial charge on any atom is 0.234 e. The predicted octanol–water partition coefficient (Wildman–Crippen LogP) is 4.05. The highest BCUT2D eigenvalue weighted by atomic mass is 35.5. The lowest BCUT2D eigenvalue weighted by atomic mass is 10.1. The third-order valence-electron chi connectivity index (χ3n) is 5.02. The molecule has 0 unspecified atom stereocenters. The van der Waals surface area contributed by atoms with Crippen molar-refractivity contribution in [2.75, 3.05) is 36.2 Å². The number of rotatable bonds is 7. The van der Waals surface area contributed by atoms with Gasteiger partial charge >= 0.3 is 0 Å². The third kappa shape index (κ3) is 5.11. The second kappa shape index (κ2) is 10.0. The zero-order valence-electron chi connectivity index (χ0n) is 17.1. The van der Waals surface area contributed by atoms with Crippen LogP contribution < -0.4 is 15.0 Å². The van der Waals surface area contributed by atoms with Crippen molar-refractivity contribution >= 4 is 40.6 Å². The summed E-state index contributed by atoms with van der Waals surface area (Å²) in [5, 5.41) is 15.9. The highest BCUT2D eigenvalue weighted by molar-refractivity contribution is 7.99. The van der Waals surface area contributed by atoms with Crippen molar-refractivity contribution in [1.82, 2.24) is 20.2 Å². The minimum atomic E-state index is -0.153. The summed E-state index contributed by atoms with van der Waals surface area (Å²) in [4.78, 5) is 15.0. The number of carbonyl (C=O) groups is 1. The minimum absolute atomic E-state index is 0.153. The number of nitrogens with zero attached hydrogens (tertiary/aromatic N) is 5. The summed E-state index contributed by atoms with van der Waals surface area (Å²) < 4.78 is 6.95. The standard InChI is InChI=1S/C21H23ClN6O2S/c1-30-19-8-4-3-7-18(19)28-21(24-25-26-28)31-14-20(29)23-16-13-15(22)9-10-17(16)27-11-5-2-6-12-27/h3-4,7-10,13H,2,5-6,11-12,14H2,1H3,(H,23,29). The van der Waals surface area contributed by atoms with Crippen LogP contribution in [-0.2, 0) is 4.79 Å². The number of anilines is 2. The van der Waals surface area contributed by atoms with Gasteiger partial charge in [-0.15, -0.1) is 5.10 Å². The van der Waals surface area contributed by atoms with E-state index in [-0.39, 0.29) is 11.7 Å². The molecule has 2 aromatic carbocycles. The summed E-state index contributed by atoms with van der Waals surface area (Å²) in [6.07, 6.45) is 3.54. The largest absolute Gasteiger partial charge is 0.494 e. The molecule has 1 fully saturated rings. The van der Waals surface area contributed by atoms with E-state index in [0.717, 1.165) is 37.3 Å². The number of hydrogen-bond donors (Lipinski definition) is 1. The molecule has 1 N–H and O–H groups in total. The molecule has 10 heteroatoms. The monoisotopic (exact) mass is 458 g/mol. The summed E-state index contributed by atoms with van der Waals surface area (Å²) >= 11 is 7.45. The van der Waals surface area contributed by atoms with Gasteiger partial charge in [-0.3, -0.25) is 4.79 Å². The fourth-order valence-electron chi connectivity index (χ4n) is 3.56. The number of amides is 1. The quantitative estimate of drug-likeness (QED) is 0.534. The fraction of sp³-hybridized carbons (Fsp3) is 0.333. The Morgan fingerprint density at radius 2 is 1.97 bits per heavy atom. The van der Waals surface area contributed by atoms with Gasteiger partial charge in [-0.05, 0) is 60.0 Å². The predicted molar refractivity (Wildman–Crippen MR) is 123 cm³/mol. The first-order valence-electron chi connectivity index (χ1n) is 10.0. The van der Waals surface area contributed by atoms with Crippen LogP contribution in [0.3, 0.4) is 0 Å². The Hall–Kier alpha value is -2.78. The summed E-state index contributed by atoms with van der Waals surface area (Å²) in [5.74, 6) is 0.646. The lowest BCUT2D eigenvalue weighted by Crippen LogP contribution is -2.30. The minimum Gasteiger partial charge on any atom is -0.494 e. The molecule has 4 rings (SSSR count). The molecule has 3 aromatic rings. The molecule has 8 nitrogen and oxygen atoms in total. The molecule has 31 heavy (non-hydrogen) atoms. The normalized spacial score (nSPS) is 13.8. The molecular weight excluding hydrogens is 436 g/mol. The number of piperidine rings is 1. The van der Waals surface area contributed by atoms with Crippen LogP contribution in [0.2, 0.25) is 5.02 Å². The molecule has 0 bridgehead atoms. The van der Waals surface area contributed by atoms with E-state index in [1.165, 1.54) is 18.2 Å². The van der Waals surface area contributed by atoms with Crippen molar-refractivity contribution in [3.05, 3.63) is 47.5 Å². The van der Waals surface area contributed by atoms with Gasteiger partial charge in [-0.1, -0.05) is 35.5 Å². The fourth-order valence-corrected chi connectivity index (χ4v) is 4.42. The van der Waals surface area contributed by atoms with Gasteiger partial charge in [-0.25, -0.2) is 0 Å². The first kappa shape index (κ1) is 21.5. The van der Waals surface area contributed by atoms with E-state index in [9.17, 15) is 4.79 Å². The number of methoxy groups -OCH3 is 1. The number of para-hydroxylation sites is 2. The topological polar surface area (TPSA) is 85.2 Å². The number of carbonyl (C=O) groups excluding carboxylic acids is 1. The molecule has 2 heterocycles. The van der Waals surface area contributed by atoms with E-state index >= 15 is 0 Å². The van der Waals surface area contributed by atoms with Gasteiger partial charge < -0.3 is 15.0 Å². The van der Waals surface area contributed by atoms with Crippen LogP contribution >= 0.6 is 23.4 Å². The Kier molecular flexibility index (Phi) is 6.93. The summed E-state index contributed by atoms with van der Waals surface area (Å²) in [5.41, 5.74) is 2.44. The van der Waals surface area contributed by atoms with Gasteiger partial charge in [0.05, 0.1) is 24.2 Å². The van der Waals surface area contributed by atoms with Gasteiger partial charge in [0.15, 0.2) is 0 Å². The van der Waals surface area contributed by atoms with Crippen LogP contribution in [-0.4, -0.2) is 52.1 Å². The van der Waals surface area contributed by atoms with Crippen molar-refractivity contribution in [1.29, 1.82) is 0 Å². The second-order valence-electron chi connectivity index (χ2n) is 7.09. The number of nitrogens with one attached hydrogen (secondary N) is 1. The van der Waals surface area contributed by atoms with Crippen molar-refractivity contribution in [3.8, 4) is 11.4 Å². The number of halogens is 1. The number of hydrogen-bond acceptors (Lipinski definition) is 7. The Balaban J connectivity index is 1.46. The molecule has 1 aliphatic heterocycles. The van der Waals surface area contributed by atoms with Crippen LogP contribution in [0.5, 0.6) is 5.75 Å². The lowest BCUT2D eigenvalue weighted by Gasteiger charge is -2.30. The smallest absolute Gasteiger partial charge is 0.234 e. The van der Waals surface area contributed by atoms with Crippen LogP contribution in [0.1, 0.15) is 19.3 Å². The zero-order chi connectivity index (χ0) is 21.6. The number of tetrazole rings is 1. The highest BCUT2D eigenvalue weighted by Crippen LogP contribution is 2.32. The van der Waals surface area contributed by atoms with E-state index in [1.54, 1.807) is 17.9 Å². The van der Waals surface area contributed by atoms with E-state index in [1.807, 2.05) is 36.4 Å². The van der Waals surface area contributed by atoms with Gasteiger partial charge in [-0.2, -0.15) is 4.68 Å². The number of ether oxygens (including phenoxy) is 1. The van der Waals surface area contributed by atoms with Crippen molar-refractivity contribution in [3.63, 3.8) is 0 Å². The average molecular weight is 459 g/mol.